The highest BCUT2D eigenvalue weighted by Crippen LogP contribution is 2.27. The number of halogens is 1. The van der Waals surface area contributed by atoms with Crippen molar-refractivity contribution < 1.29 is 9.84 Å². The number of hydrogen-bond donors (Lipinski definition) is 2. The van der Waals surface area contributed by atoms with Gasteiger partial charge >= 0.3 is 0 Å². The van der Waals surface area contributed by atoms with E-state index in [4.69, 9.17) is 4.74 Å². The van der Waals surface area contributed by atoms with E-state index in [9.17, 15) is 5.11 Å². The van der Waals surface area contributed by atoms with E-state index >= 15 is 0 Å². The maximum atomic E-state index is 9.68. The van der Waals surface area contributed by atoms with Gasteiger partial charge in [-0.3, -0.25) is 0 Å². The molecule has 0 atom stereocenters. The number of benzene rings is 1. The fourth-order valence-electron chi connectivity index (χ4n) is 1.31. The molecule has 0 bridgehead atoms. The van der Waals surface area contributed by atoms with Crippen molar-refractivity contribution in [1.29, 1.82) is 0 Å². The van der Waals surface area contributed by atoms with Crippen LogP contribution in [0.1, 0.15) is 5.56 Å². The van der Waals surface area contributed by atoms with Crippen molar-refractivity contribution in [2.24, 2.45) is 0 Å². The maximum absolute atomic E-state index is 9.68. The summed E-state index contributed by atoms with van der Waals surface area (Å²) in [6.45, 7) is 2.23. The van der Waals surface area contributed by atoms with Gasteiger partial charge in [-0.05, 0) is 22.0 Å². The molecule has 1 fully saturated rings. The van der Waals surface area contributed by atoms with E-state index in [1.165, 1.54) is 0 Å². The van der Waals surface area contributed by atoms with Crippen LogP contribution in [0.2, 0.25) is 0 Å². The van der Waals surface area contributed by atoms with E-state index in [1.54, 1.807) is 0 Å². The van der Waals surface area contributed by atoms with E-state index in [2.05, 4.69) is 21.2 Å². The van der Waals surface area contributed by atoms with Crippen LogP contribution in [-0.2, 0) is 11.3 Å². The average molecular weight is 258 g/mol. The number of hydrogen-bond acceptors (Lipinski definition) is 3. The Hall–Kier alpha value is -0.580. The Morgan fingerprint density at radius 2 is 2.29 bits per heavy atom. The van der Waals surface area contributed by atoms with Crippen LogP contribution in [-0.4, -0.2) is 24.4 Å². The zero-order valence-corrected chi connectivity index (χ0v) is 9.25. The largest absolute Gasteiger partial charge is 0.506 e. The fraction of sp³-hybridized carbons (Fsp3) is 0.400. The summed E-state index contributed by atoms with van der Waals surface area (Å²) in [6, 6.07) is 6.09. The SMILES string of the molecule is Oc1c(Br)cccc1CNC1COC1. The molecule has 1 aliphatic rings. The van der Waals surface area contributed by atoms with Crippen LogP contribution in [0.4, 0.5) is 0 Å². The second-order valence-corrected chi connectivity index (χ2v) is 4.22. The second kappa shape index (κ2) is 4.29. The number of phenolic OH excluding ortho intramolecular Hbond substituents is 1. The van der Waals surface area contributed by atoms with Crippen molar-refractivity contribution >= 4 is 15.9 Å². The van der Waals surface area contributed by atoms with Crippen LogP contribution in [0.3, 0.4) is 0 Å². The molecule has 0 aliphatic carbocycles. The molecular weight excluding hydrogens is 246 g/mol. The molecule has 2 N–H and O–H groups in total. The smallest absolute Gasteiger partial charge is 0.134 e. The van der Waals surface area contributed by atoms with Gasteiger partial charge in [0, 0.05) is 12.1 Å². The molecule has 2 rings (SSSR count). The summed E-state index contributed by atoms with van der Waals surface area (Å²) in [4.78, 5) is 0. The van der Waals surface area contributed by atoms with Gasteiger partial charge in [0.05, 0.1) is 23.7 Å². The van der Waals surface area contributed by atoms with E-state index in [-0.39, 0.29) is 0 Å². The quantitative estimate of drug-likeness (QED) is 0.866. The lowest BCUT2D eigenvalue weighted by Crippen LogP contribution is -2.45. The van der Waals surface area contributed by atoms with Crippen molar-refractivity contribution in [3.8, 4) is 5.75 Å². The van der Waals surface area contributed by atoms with Gasteiger partial charge in [0.15, 0.2) is 0 Å². The van der Waals surface area contributed by atoms with E-state index < -0.39 is 0 Å². The molecule has 0 amide bonds. The van der Waals surface area contributed by atoms with Gasteiger partial charge in [-0.15, -0.1) is 0 Å². The monoisotopic (exact) mass is 257 g/mol. The minimum atomic E-state index is 0.320. The van der Waals surface area contributed by atoms with Crippen LogP contribution < -0.4 is 5.32 Å². The Morgan fingerprint density at radius 3 is 2.93 bits per heavy atom. The molecule has 3 nitrogen and oxygen atoms in total. The van der Waals surface area contributed by atoms with Crippen LogP contribution >= 0.6 is 15.9 Å². The Labute approximate surface area is 91.2 Å². The van der Waals surface area contributed by atoms with Crippen molar-refractivity contribution in [3.05, 3.63) is 28.2 Å². The lowest BCUT2D eigenvalue weighted by atomic mass is 10.2. The minimum absolute atomic E-state index is 0.320. The molecule has 1 heterocycles. The summed E-state index contributed by atoms with van der Waals surface area (Å²) >= 11 is 3.28. The number of ether oxygens (including phenoxy) is 1. The van der Waals surface area contributed by atoms with E-state index in [1.807, 2.05) is 18.2 Å². The third kappa shape index (κ3) is 2.08. The summed E-state index contributed by atoms with van der Waals surface area (Å²) in [5.41, 5.74) is 0.909. The summed E-state index contributed by atoms with van der Waals surface area (Å²) < 4.78 is 5.78. The number of aromatic hydroxyl groups is 1. The first-order valence-electron chi connectivity index (χ1n) is 4.55. The highest BCUT2D eigenvalue weighted by Gasteiger charge is 2.17. The van der Waals surface area contributed by atoms with E-state index in [0.717, 1.165) is 23.2 Å². The van der Waals surface area contributed by atoms with Gasteiger partial charge < -0.3 is 15.2 Å². The maximum Gasteiger partial charge on any atom is 0.134 e. The highest BCUT2D eigenvalue weighted by molar-refractivity contribution is 9.10. The molecule has 1 aromatic rings. The number of phenols is 1. The first-order valence-corrected chi connectivity index (χ1v) is 5.34. The first kappa shape index (κ1) is 9.96. The Balaban J connectivity index is 1.97. The van der Waals surface area contributed by atoms with Crippen LogP contribution in [0.25, 0.3) is 0 Å². The van der Waals surface area contributed by atoms with E-state index in [0.29, 0.717) is 18.3 Å². The Kier molecular flexibility index (Phi) is 3.05. The lowest BCUT2D eigenvalue weighted by molar-refractivity contribution is -0.00585. The second-order valence-electron chi connectivity index (χ2n) is 3.36. The van der Waals surface area contributed by atoms with Crippen molar-refractivity contribution in [2.75, 3.05) is 13.2 Å². The Bertz CT molecular complexity index is 326. The summed E-state index contributed by atoms with van der Waals surface area (Å²) in [5, 5.41) is 13.0. The van der Waals surface area contributed by atoms with Crippen molar-refractivity contribution in [3.63, 3.8) is 0 Å². The molecule has 76 valence electrons. The first-order chi connectivity index (χ1) is 6.77. The van der Waals surface area contributed by atoms with Gasteiger partial charge in [-0.2, -0.15) is 0 Å². The molecule has 0 spiro atoms. The highest BCUT2D eigenvalue weighted by atomic mass is 79.9. The molecule has 0 unspecified atom stereocenters. The van der Waals surface area contributed by atoms with Gasteiger partial charge in [-0.1, -0.05) is 12.1 Å². The molecule has 1 saturated heterocycles. The molecular formula is C10H12BrNO2. The minimum Gasteiger partial charge on any atom is -0.506 e. The molecule has 4 heteroatoms. The zero-order chi connectivity index (χ0) is 9.97. The van der Waals surface area contributed by atoms with Crippen molar-refractivity contribution in [1.82, 2.24) is 5.32 Å². The molecule has 0 radical (unpaired) electrons. The standard InChI is InChI=1S/C10H12BrNO2/c11-9-3-1-2-7(10(9)13)4-12-8-5-14-6-8/h1-3,8,12-13H,4-6H2. The fourth-order valence-corrected chi connectivity index (χ4v) is 1.72. The predicted molar refractivity (Wildman–Crippen MR) is 57.3 cm³/mol. The van der Waals surface area contributed by atoms with Crippen LogP contribution in [0.5, 0.6) is 5.75 Å². The topological polar surface area (TPSA) is 41.5 Å². The van der Waals surface area contributed by atoms with Crippen LogP contribution in [0.15, 0.2) is 22.7 Å². The molecule has 1 aliphatic heterocycles. The molecule has 1 aromatic carbocycles. The Morgan fingerprint density at radius 1 is 1.50 bits per heavy atom. The lowest BCUT2D eigenvalue weighted by Gasteiger charge is -2.27. The number of para-hydroxylation sites is 1. The van der Waals surface area contributed by atoms with Gasteiger partial charge in [0.25, 0.3) is 0 Å². The zero-order valence-electron chi connectivity index (χ0n) is 7.66. The summed E-state index contributed by atoms with van der Waals surface area (Å²) in [7, 11) is 0. The third-order valence-electron chi connectivity index (χ3n) is 2.29. The number of nitrogens with one attached hydrogen (secondary N) is 1. The summed E-state index contributed by atoms with van der Waals surface area (Å²) in [5.74, 6) is 0.320. The normalized spacial score (nSPS) is 16.6. The van der Waals surface area contributed by atoms with Gasteiger partial charge in [0.2, 0.25) is 0 Å². The molecule has 0 saturated carbocycles. The third-order valence-corrected chi connectivity index (χ3v) is 2.93. The average Bonchev–Trinajstić information content (AvgIpc) is 2.09. The van der Waals surface area contributed by atoms with Gasteiger partial charge in [-0.25, -0.2) is 0 Å². The number of rotatable bonds is 3. The molecule has 14 heavy (non-hydrogen) atoms. The van der Waals surface area contributed by atoms with Gasteiger partial charge in [0.1, 0.15) is 5.75 Å². The summed E-state index contributed by atoms with van der Waals surface area (Å²) in [6.07, 6.45) is 0. The predicted octanol–water partition coefficient (Wildman–Crippen LogP) is 1.64. The van der Waals surface area contributed by atoms with Crippen molar-refractivity contribution in [2.45, 2.75) is 12.6 Å². The molecule has 0 aromatic heterocycles. The van der Waals surface area contributed by atoms with Crippen LogP contribution in [0, 0.1) is 0 Å².